The summed E-state index contributed by atoms with van der Waals surface area (Å²) in [6.07, 6.45) is 0.675. The van der Waals surface area contributed by atoms with E-state index in [9.17, 15) is 5.11 Å². The number of aliphatic hydroxyl groups is 1. The molecule has 0 unspecified atom stereocenters. The van der Waals surface area contributed by atoms with Crippen LogP contribution < -0.4 is 0 Å². The lowest BCUT2D eigenvalue weighted by Gasteiger charge is -2.17. The first-order chi connectivity index (χ1) is 7.55. The smallest absolute Gasteiger partial charge is 0.163 e. The van der Waals surface area contributed by atoms with Gasteiger partial charge in [0.2, 0.25) is 0 Å². The molecule has 0 saturated carbocycles. The van der Waals surface area contributed by atoms with Gasteiger partial charge in [0.05, 0.1) is 12.7 Å². The average Bonchev–Trinajstić information content (AvgIpc) is 2.58. The number of hydrogen-bond donors (Lipinski definition) is 1. The van der Waals surface area contributed by atoms with Crippen LogP contribution in [0.2, 0.25) is 0 Å². The summed E-state index contributed by atoms with van der Waals surface area (Å²) in [4.78, 5) is 0. The number of hydrogen-bond acceptors (Lipinski definition) is 4. The lowest BCUT2D eigenvalue weighted by Crippen LogP contribution is -2.29. The van der Waals surface area contributed by atoms with Gasteiger partial charge in [0, 0.05) is 12.8 Å². The molecule has 0 amide bonds. The van der Waals surface area contributed by atoms with Crippen molar-refractivity contribution in [3.63, 3.8) is 0 Å². The Morgan fingerprint density at radius 1 is 1.50 bits per heavy atom. The first kappa shape index (κ1) is 13.0. The molecule has 4 heteroatoms. The van der Waals surface area contributed by atoms with Gasteiger partial charge in [-0.15, -0.1) is 5.92 Å². The lowest BCUT2D eigenvalue weighted by atomic mass is 10.2. The zero-order chi connectivity index (χ0) is 12.0. The standard InChI is InChI=1S/C12H17NO3/c1-12(2)15-9-11(16-12)10(14)7-5-3-4-6-8-13/h10-11,14H,3-4,6,9H2,1-2H3/t10-,11+/m0/s1. The van der Waals surface area contributed by atoms with Crippen LogP contribution in [0, 0.1) is 23.2 Å². The van der Waals surface area contributed by atoms with Gasteiger partial charge in [0.1, 0.15) is 12.2 Å². The maximum atomic E-state index is 9.69. The van der Waals surface area contributed by atoms with Gasteiger partial charge in [-0.25, -0.2) is 0 Å². The Bertz CT molecular complexity index is 321. The number of nitrogens with zero attached hydrogens (tertiary/aromatic N) is 1. The number of aliphatic hydroxyl groups excluding tert-OH is 1. The molecule has 1 aliphatic rings. The van der Waals surface area contributed by atoms with E-state index in [2.05, 4.69) is 11.8 Å². The van der Waals surface area contributed by atoms with Gasteiger partial charge in [-0.05, 0) is 20.3 Å². The van der Waals surface area contributed by atoms with Gasteiger partial charge < -0.3 is 14.6 Å². The summed E-state index contributed by atoms with van der Waals surface area (Å²) in [5.41, 5.74) is 0. The second-order valence-corrected chi connectivity index (χ2v) is 4.14. The van der Waals surface area contributed by atoms with Gasteiger partial charge in [-0.2, -0.15) is 5.26 Å². The molecular weight excluding hydrogens is 206 g/mol. The van der Waals surface area contributed by atoms with Crippen molar-refractivity contribution in [2.45, 2.75) is 51.1 Å². The Morgan fingerprint density at radius 2 is 2.25 bits per heavy atom. The first-order valence-electron chi connectivity index (χ1n) is 5.40. The highest BCUT2D eigenvalue weighted by Gasteiger charge is 2.36. The molecule has 0 radical (unpaired) electrons. The van der Waals surface area contributed by atoms with Crippen molar-refractivity contribution in [2.75, 3.05) is 6.61 Å². The molecule has 1 rings (SSSR count). The van der Waals surface area contributed by atoms with E-state index in [-0.39, 0.29) is 6.10 Å². The fourth-order valence-corrected chi connectivity index (χ4v) is 1.40. The van der Waals surface area contributed by atoms with Gasteiger partial charge in [0.25, 0.3) is 0 Å². The van der Waals surface area contributed by atoms with Crippen LogP contribution >= 0.6 is 0 Å². The number of unbranched alkanes of at least 4 members (excludes halogenated alkanes) is 2. The van der Waals surface area contributed by atoms with E-state index in [4.69, 9.17) is 14.7 Å². The highest BCUT2D eigenvalue weighted by atomic mass is 16.7. The van der Waals surface area contributed by atoms with Crippen LogP contribution in [0.3, 0.4) is 0 Å². The first-order valence-corrected chi connectivity index (χ1v) is 5.40. The number of nitriles is 1. The van der Waals surface area contributed by atoms with Crippen molar-refractivity contribution in [1.82, 2.24) is 0 Å². The SMILES string of the molecule is CC1(C)OC[C@H]([C@@H](O)C#CCCCC#N)O1. The van der Waals surface area contributed by atoms with Crippen LogP contribution in [0.4, 0.5) is 0 Å². The van der Waals surface area contributed by atoms with E-state index in [0.29, 0.717) is 19.4 Å². The third-order valence-electron chi connectivity index (χ3n) is 2.22. The number of ether oxygens (including phenoxy) is 2. The van der Waals surface area contributed by atoms with Crippen LogP contribution in [-0.2, 0) is 9.47 Å². The third kappa shape index (κ3) is 4.20. The molecule has 4 nitrogen and oxygen atoms in total. The maximum Gasteiger partial charge on any atom is 0.163 e. The summed E-state index contributed by atoms with van der Waals surface area (Å²) in [6, 6.07) is 2.05. The second kappa shape index (κ2) is 5.86. The van der Waals surface area contributed by atoms with Crippen molar-refractivity contribution in [1.29, 1.82) is 5.26 Å². The van der Waals surface area contributed by atoms with Gasteiger partial charge >= 0.3 is 0 Å². The van der Waals surface area contributed by atoms with E-state index in [1.54, 1.807) is 13.8 Å². The molecule has 1 heterocycles. The molecule has 16 heavy (non-hydrogen) atoms. The predicted molar refractivity (Wildman–Crippen MR) is 58.2 cm³/mol. The average molecular weight is 223 g/mol. The summed E-state index contributed by atoms with van der Waals surface area (Å²) >= 11 is 0. The lowest BCUT2D eigenvalue weighted by molar-refractivity contribution is -0.146. The quantitative estimate of drug-likeness (QED) is 0.576. The van der Waals surface area contributed by atoms with Gasteiger partial charge in [0.15, 0.2) is 5.79 Å². The summed E-state index contributed by atoms with van der Waals surface area (Å²) in [5, 5.41) is 18.0. The van der Waals surface area contributed by atoms with Crippen molar-refractivity contribution in [3.8, 4) is 17.9 Å². The molecule has 0 spiro atoms. The third-order valence-corrected chi connectivity index (χ3v) is 2.22. The van der Waals surface area contributed by atoms with Crippen LogP contribution in [0.25, 0.3) is 0 Å². The highest BCUT2D eigenvalue weighted by molar-refractivity contribution is 5.08. The molecular formula is C12H17NO3. The normalized spacial score (nSPS) is 24.2. The minimum atomic E-state index is -0.816. The molecule has 88 valence electrons. The molecule has 0 aliphatic carbocycles. The van der Waals surface area contributed by atoms with Crippen LogP contribution in [0.5, 0.6) is 0 Å². The topological polar surface area (TPSA) is 62.5 Å². The molecule has 1 aliphatic heterocycles. The Morgan fingerprint density at radius 3 is 2.81 bits per heavy atom. The van der Waals surface area contributed by atoms with E-state index in [1.807, 2.05) is 6.07 Å². The maximum absolute atomic E-state index is 9.69. The van der Waals surface area contributed by atoms with E-state index in [0.717, 1.165) is 6.42 Å². The highest BCUT2D eigenvalue weighted by Crippen LogP contribution is 2.23. The van der Waals surface area contributed by atoms with E-state index < -0.39 is 11.9 Å². The summed E-state index contributed by atoms with van der Waals surface area (Å²) in [5.74, 6) is 4.92. The molecule has 1 N–H and O–H groups in total. The molecule has 0 bridgehead atoms. The van der Waals surface area contributed by atoms with Crippen molar-refractivity contribution < 1.29 is 14.6 Å². The van der Waals surface area contributed by atoms with Crippen molar-refractivity contribution >= 4 is 0 Å². The molecule has 0 aromatic rings. The van der Waals surface area contributed by atoms with Crippen LogP contribution in [0.15, 0.2) is 0 Å². The number of rotatable bonds is 3. The monoisotopic (exact) mass is 223 g/mol. The summed E-state index contributed by atoms with van der Waals surface area (Å²) < 4.78 is 10.8. The Hall–Kier alpha value is -1.07. The summed E-state index contributed by atoms with van der Waals surface area (Å²) in [7, 11) is 0. The zero-order valence-electron chi connectivity index (χ0n) is 9.69. The fraction of sp³-hybridized carbons (Fsp3) is 0.750. The largest absolute Gasteiger partial charge is 0.378 e. The molecule has 1 fully saturated rings. The molecule has 0 aromatic heterocycles. The van der Waals surface area contributed by atoms with Crippen molar-refractivity contribution in [2.24, 2.45) is 0 Å². The van der Waals surface area contributed by atoms with Gasteiger partial charge in [-0.1, -0.05) is 5.92 Å². The predicted octanol–water partition coefficient (Wildman–Crippen LogP) is 1.20. The zero-order valence-corrected chi connectivity index (χ0v) is 9.69. The Balaban J connectivity index is 2.30. The van der Waals surface area contributed by atoms with E-state index in [1.165, 1.54) is 0 Å². The Labute approximate surface area is 96.2 Å². The molecule has 2 atom stereocenters. The van der Waals surface area contributed by atoms with Crippen molar-refractivity contribution in [3.05, 3.63) is 0 Å². The van der Waals surface area contributed by atoms with Gasteiger partial charge in [-0.3, -0.25) is 0 Å². The minimum absolute atomic E-state index is 0.362. The van der Waals surface area contributed by atoms with Crippen LogP contribution in [0.1, 0.15) is 33.1 Å². The molecule has 0 aromatic carbocycles. The van der Waals surface area contributed by atoms with E-state index >= 15 is 0 Å². The minimum Gasteiger partial charge on any atom is -0.378 e. The fourth-order valence-electron chi connectivity index (χ4n) is 1.40. The summed E-state index contributed by atoms with van der Waals surface area (Å²) in [6.45, 7) is 3.97. The second-order valence-electron chi connectivity index (χ2n) is 4.14. The Kier molecular flexibility index (Phi) is 4.76. The molecule has 1 saturated heterocycles. The van der Waals surface area contributed by atoms with Crippen LogP contribution in [-0.4, -0.2) is 29.7 Å².